The Kier molecular flexibility index (Phi) is 5.32. The molecule has 0 saturated heterocycles. The van der Waals surface area contributed by atoms with Crippen LogP contribution in [0, 0.1) is 13.8 Å². The van der Waals surface area contributed by atoms with Crippen LogP contribution in [0.3, 0.4) is 0 Å². The Bertz CT molecular complexity index is 696. The molecule has 0 saturated carbocycles. The molecule has 2 aromatic carbocycles. The van der Waals surface area contributed by atoms with Crippen molar-refractivity contribution in [3.05, 3.63) is 51.0 Å². The molecular formula is C16H16BrClN2O2. The van der Waals surface area contributed by atoms with Gasteiger partial charge < -0.3 is 15.8 Å². The van der Waals surface area contributed by atoms with Crippen molar-refractivity contribution in [3.63, 3.8) is 0 Å². The lowest BCUT2D eigenvalue weighted by molar-refractivity contribution is -0.118. The normalized spacial score (nSPS) is 10.4. The van der Waals surface area contributed by atoms with Gasteiger partial charge in [0.25, 0.3) is 5.91 Å². The molecule has 0 heterocycles. The third-order valence-electron chi connectivity index (χ3n) is 3.07. The molecule has 0 atom stereocenters. The van der Waals surface area contributed by atoms with Crippen molar-refractivity contribution in [1.29, 1.82) is 0 Å². The molecule has 0 fully saturated rings. The molecule has 0 unspecified atom stereocenters. The minimum absolute atomic E-state index is 0.0860. The summed E-state index contributed by atoms with van der Waals surface area (Å²) in [7, 11) is 0. The predicted molar refractivity (Wildman–Crippen MR) is 93.6 cm³/mol. The van der Waals surface area contributed by atoms with Crippen LogP contribution < -0.4 is 15.8 Å². The molecule has 22 heavy (non-hydrogen) atoms. The molecule has 0 aliphatic heterocycles. The number of anilines is 2. The number of carbonyl (C=O) groups excluding carboxylic acids is 1. The fourth-order valence-electron chi connectivity index (χ4n) is 1.96. The first-order chi connectivity index (χ1) is 10.4. The Hall–Kier alpha value is -1.72. The molecule has 116 valence electrons. The number of rotatable bonds is 4. The zero-order chi connectivity index (χ0) is 16.3. The van der Waals surface area contributed by atoms with Gasteiger partial charge in [-0.2, -0.15) is 0 Å². The summed E-state index contributed by atoms with van der Waals surface area (Å²) < 4.78 is 6.21. The van der Waals surface area contributed by atoms with Crippen LogP contribution in [0.15, 0.2) is 34.8 Å². The van der Waals surface area contributed by atoms with Gasteiger partial charge in [0.1, 0.15) is 5.75 Å². The average molecular weight is 384 g/mol. The van der Waals surface area contributed by atoms with E-state index in [1.807, 2.05) is 13.8 Å². The second-order valence-corrected chi connectivity index (χ2v) is 6.20. The van der Waals surface area contributed by atoms with E-state index in [1.165, 1.54) is 0 Å². The first-order valence-electron chi connectivity index (χ1n) is 6.61. The molecule has 0 spiro atoms. The zero-order valence-corrected chi connectivity index (χ0v) is 14.6. The van der Waals surface area contributed by atoms with E-state index in [0.717, 1.165) is 15.6 Å². The van der Waals surface area contributed by atoms with Crippen LogP contribution in [0.2, 0.25) is 5.02 Å². The number of hydrogen-bond donors (Lipinski definition) is 2. The summed E-state index contributed by atoms with van der Waals surface area (Å²) in [5.41, 5.74) is 8.84. The molecule has 2 rings (SSSR count). The van der Waals surface area contributed by atoms with Crippen molar-refractivity contribution >= 4 is 44.8 Å². The van der Waals surface area contributed by atoms with E-state index >= 15 is 0 Å². The van der Waals surface area contributed by atoms with E-state index in [2.05, 4.69) is 21.2 Å². The van der Waals surface area contributed by atoms with Crippen LogP contribution in [0.4, 0.5) is 11.4 Å². The molecule has 1 amide bonds. The fourth-order valence-corrected chi connectivity index (χ4v) is 2.75. The highest BCUT2D eigenvalue weighted by Gasteiger charge is 2.10. The van der Waals surface area contributed by atoms with Crippen LogP contribution in [0.1, 0.15) is 11.1 Å². The second-order valence-electron chi connectivity index (χ2n) is 4.94. The van der Waals surface area contributed by atoms with Gasteiger partial charge in [-0.3, -0.25) is 4.79 Å². The summed E-state index contributed by atoms with van der Waals surface area (Å²) in [4.78, 5) is 12.0. The van der Waals surface area contributed by atoms with Gasteiger partial charge in [-0.15, -0.1) is 0 Å². The van der Waals surface area contributed by atoms with Gasteiger partial charge >= 0.3 is 0 Å². The number of hydrogen-bond acceptors (Lipinski definition) is 3. The molecule has 0 aliphatic carbocycles. The highest BCUT2D eigenvalue weighted by atomic mass is 79.9. The summed E-state index contributed by atoms with van der Waals surface area (Å²) >= 11 is 9.34. The van der Waals surface area contributed by atoms with Gasteiger partial charge in [0, 0.05) is 15.2 Å². The monoisotopic (exact) mass is 382 g/mol. The molecule has 0 radical (unpaired) electrons. The van der Waals surface area contributed by atoms with Crippen LogP contribution >= 0.6 is 27.5 Å². The topological polar surface area (TPSA) is 64.3 Å². The first-order valence-corrected chi connectivity index (χ1v) is 7.78. The van der Waals surface area contributed by atoms with E-state index in [9.17, 15) is 4.79 Å². The lowest BCUT2D eigenvalue weighted by Gasteiger charge is -2.12. The lowest BCUT2D eigenvalue weighted by Crippen LogP contribution is -2.21. The molecule has 6 heteroatoms. The number of ether oxygens (including phenoxy) is 1. The summed E-state index contributed by atoms with van der Waals surface area (Å²) in [5.74, 6) is 0.353. The number of benzene rings is 2. The smallest absolute Gasteiger partial charge is 0.262 e. The van der Waals surface area contributed by atoms with E-state index in [4.69, 9.17) is 22.1 Å². The third kappa shape index (κ3) is 4.15. The van der Waals surface area contributed by atoms with E-state index in [-0.39, 0.29) is 12.5 Å². The SMILES string of the molecule is Cc1cc(OCC(=O)Nc2c(C)cc(N)cc2Br)ccc1Cl. The Labute approximate surface area is 142 Å². The Balaban J connectivity index is 2.00. The lowest BCUT2D eigenvalue weighted by atomic mass is 10.2. The van der Waals surface area contributed by atoms with Crippen molar-refractivity contribution in [2.45, 2.75) is 13.8 Å². The second kappa shape index (κ2) is 7.03. The third-order valence-corrected chi connectivity index (χ3v) is 4.12. The van der Waals surface area contributed by atoms with Crippen molar-refractivity contribution in [2.24, 2.45) is 0 Å². The molecule has 0 aliphatic rings. The Morgan fingerprint density at radius 3 is 2.64 bits per heavy atom. The summed E-state index contributed by atoms with van der Waals surface area (Å²) in [6, 6.07) is 8.80. The maximum atomic E-state index is 12.0. The molecule has 0 bridgehead atoms. The quantitative estimate of drug-likeness (QED) is 0.773. The van der Waals surface area contributed by atoms with Gasteiger partial charge in [-0.05, 0) is 71.2 Å². The molecule has 4 nitrogen and oxygen atoms in total. The number of nitrogens with two attached hydrogens (primary N) is 1. The standard InChI is InChI=1S/C16H16BrClN2O2/c1-9-6-12(3-4-14(9)18)22-8-15(21)20-16-10(2)5-11(19)7-13(16)17/h3-7H,8,19H2,1-2H3,(H,20,21). The highest BCUT2D eigenvalue weighted by molar-refractivity contribution is 9.10. The average Bonchev–Trinajstić information content (AvgIpc) is 2.44. The Morgan fingerprint density at radius 2 is 2.00 bits per heavy atom. The first kappa shape index (κ1) is 16.6. The largest absolute Gasteiger partial charge is 0.484 e. The summed E-state index contributed by atoms with van der Waals surface area (Å²) in [6.45, 7) is 3.67. The molecule has 2 aromatic rings. The van der Waals surface area contributed by atoms with Crippen LogP contribution in [0.5, 0.6) is 5.75 Å². The van der Waals surface area contributed by atoms with E-state index in [0.29, 0.717) is 22.1 Å². The number of carbonyl (C=O) groups is 1. The van der Waals surface area contributed by atoms with E-state index in [1.54, 1.807) is 30.3 Å². The molecule has 0 aromatic heterocycles. The van der Waals surface area contributed by atoms with Crippen LogP contribution in [0.25, 0.3) is 0 Å². The zero-order valence-electron chi connectivity index (χ0n) is 12.2. The molecule has 3 N–H and O–H groups in total. The van der Waals surface area contributed by atoms with E-state index < -0.39 is 0 Å². The number of nitrogens with one attached hydrogen (secondary N) is 1. The van der Waals surface area contributed by atoms with Gasteiger partial charge in [0.15, 0.2) is 6.61 Å². The number of nitrogen functional groups attached to an aromatic ring is 1. The van der Waals surface area contributed by atoms with Crippen LogP contribution in [-0.4, -0.2) is 12.5 Å². The van der Waals surface area contributed by atoms with Gasteiger partial charge in [-0.1, -0.05) is 11.6 Å². The summed E-state index contributed by atoms with van der Waals surface area (Å²) in [5, 5.41) is 3.47. The van der Waals surface area contributed by atoms with Crippen molar-refractivity contribution < 1.29 is 9.53 Å². The van der Waals surface area contributed by atoms with Crippen molar-refractivity contribution in [1.82, 2.24) is 0 Å². The summed E-state index contributed by atoms with van der Waals surface area (Å²) in [6.07, 6.45) is 0. The minimum atomic E-state index is -0.249. The molecular weight excluding hydrogens is 368 g/mol. The minimum Gasteiger partial charge on any atom is -0.484 e. The maximum absolute atomic E-state index is 12.0. The predicted octanol–water partition coefficient (Wildman–Crippen LogP) is 4.32. The van der Waals surface area contributed by atoms with Gasteiger partial charge in [0.2, 0.25) is 0 Å². The van der Waals surface area contributed by atoms with Crippen molar-refractivity contribution in [3.8, 4) is 5.75 Å². The number of halogens is 2. The van der Waals surface area contributed by atoms with Crippen LogP contribution in [-0.2, 0) is 4.79 Å². The van der Waals surface area contributed by atoms with Gasteiger partial charge in [-0.25, -0.2) is 0 Å². The van der Waals surface area contributed by atoms with Gasteiger partial charge in [0.05, 0.1) is 5.69 Å². The van der Waals surface area contributed by atoms with Crippen molar-refractivity contribution in [2.75, 3.05) is 17.7 Å². The fraction of sp³-hybridized carbons (Fsp3) is 0.188. The number of amides is 1. The highest BCUT2D eigenvalue weighted by Crippen LogP contribution is 2.29. The number of aryl methyl sites for hydroxylation is 2. The Morgan fingerprint density at radius 1 is 1.27 bits per heavy atom. The maximum Gasteiger partial charge on any atom is 0.262 e.